The average molecular weight is 294 g/mol. The molecule has 3 heterocycles. The second kappa shape index (κ2) is 5.61. The number of aromatic nitrogens is 3. The van der Waals surface area contributed by atoms with Crippen molar-refractivity contribution in [1.29, 1.82) is 0 Å². The first kappa shape index (κ1) is 13.6. The Morgan fingerprint density at radius 1 is 1.36 bits per heavy atom. The molecule has 1 unspecified atom stereocenters. The maximum atomic E-state index is 4.41. The van der Waals surface area contributed by atoms with Gasteiger partial charge in [-0.15, -0.1) is 0 Å². The number of para-hydroxylation sites is 1. The second-order valence-electron chi connectivity index (χ2n) is 6.46. The Morgan fingerprint density at radius 2 is 2.32 bits per heavy atom. The zero-order chi connectivity index (χ0) is 14.9. The minimum Gasteiger partial charge on any atom is -0.361 e. The maximum absolute atomic E-state index is 4.41. The Hall–Kier alpha value is -2.07. The third-order valence-electron chi connectivity index (χ3n) is 4.72. The minimum absolute atomic E-state index is 0.717. The fourth-order valence-corrected chi connectivity index (χ4v) is 3.66. The Labute approximate surface area is 130 Å². The number of aromatic amines is 1. The number of imidazole rings is 1. The van der Waals surface area contributed by atoms with Crippen LogP contribution in [-0.4, -0.2) is 33.0 Å². The van der Waals surface area contributed by atoms with E-state index in [1.54, 1.807) is 0 Å². The van der Waals surface area contributed by atoms with E-state index in [1.165, 1.54) is 28.7 Å². The van der Waals surface area contributed by atoms with Gasteiger partial charge in [-0.05, 0) is 36.4 Å². The molecule has 1 aliphatic heterocycles. The molecule has 0 fully saturated rings. The molecule has 0 spiro atoms. The molecule has 2 aromatic heterocycles. The third-order valence-corrected chi connectivity index (χ3v) is 4.72. The van der Waals surface area contributed by atoms with Gasteiger partial charge in [-0.25, -0.2) is 4.98 Å². The van der Waals surface area contributed by atoms with E-state index < -0.39 is 0 Å². The SMILES string of the molecule is CN(Cc1cccc2cc[nH]c12)CC1CCc2nccn2C1. The average Bonchev–Trinajstić information content (AvgIpc) is 3.15. The molecule has 0 aliphatic carbocycles. The van der Waals surface area contributed by atoms with Gasteiger partial charge in [0.2, 0.25) is 0 Å². The van der Waals surface area contributed by atoms with Crippen molar-refractivity contribution in [1.82, 2.24) is 19.4 Å². The molecule has 0 amide bonds. The molecule has 4 rings (SSSR count). The molecule has 114 valence electrons. The predicted octanol–water partition coefficient (Wildman–Crippen LogP) is 3.06. The number of hydrogen-bond donors (Lipinski definition) is 1. The summed E-state index contributed by atoms with van der Waals surface area (Å²) in [6.45, 7) is 3.23. The number of rotatable bonds is 4. The molecule has 0 saturated carbocycles. The third kappa shape index (κ3) is 2.55. The molecule has 1 atom stereocenters. The van der Waals surface area contributed by atoms with Crippen LogP contribution < -0.4 is 0 Å². The summed E-state index contributed by atoms with van der Waals surface area (Å²) in [4.78, 5) is 10.2. The van der Waals surface area contributed by atoms with E-state index in [-0.39, 0.29) is 0 Å². The van der Waals surface area contributed by atoms with Gasteiger partial charge in [0.1, 0.15) is 5.82 Å². The molecule has 4 nitrogen and oxygen atoms in total. The van der Waals surface area contributed by atoms with Crippen LogP contribution in [-0.2, 0) is 19.5 Å². The first-order valence-corrected chi connectivity index (χ1v) is 8.03. The van der Waals surface area contributed by atoms with Crippen molar-refractivity contribution in [2.45, 2.75) is 25.9 Å². The largest absolute Gasteiger partial charge is 0.361 e. The number of fused-ring (bicyclic) bond motifs is 2. The van der Waals surface area contributed by atoms with Crippen molar-refractivity contribution in [3.63, 3.8) is 0 Å². The van der Waals surface area contributed by atoms with Crippen LogP contribution in [0.2, 0.25) is 0 Å². The molecule has 0 radical (unpaired) electrons. The first-order chi connectivity index (χ1) is 10.8. The summed E-state index contributed by atoms with van der Waals surface area (Å²) >= 11 is 0. The van der Waals surface area contributed by atoms with E-state index in [0.717, 1.165) is 32.0 Å². The molecule has 0 saturated heterocycles. The number of aryl methyl sites for hydroxylation is 1. The number of hydrogen-bond acceptors (Lipinski definition) is 2. The minimum atomic E-state index is 0.717. The fraction of sp³-hybridized carbons (Fsp3) is 0.389. The van der Waals surface area contributed by atoms with Gasteiger partial charge in [0.05, 0.1) is 0 Å². The van der Waals surface area contributed by atoms with Gasteiger partial charge >= 0.3 is 0 Å². The van der Waals surface area contributed by atoms with E-state index in [4.69, 9.17) is 0 Å². The molecule has 1 N–H and O–H groups in total. The zero-order valence-electron chi connectivity index (χ0n) is 13.0. The highest BCUT2D eigenvalue weighted by molar-refractivity contribution is 5.82. The molecular weight excluding hydrogens is 272 g/mol. The Balaban J connectivity index is 1.43. The van der Waals surface area contributed by atoms with Gasteiger partial charge in [-0.1, -0.05) is 18.2 Å². The van der Waals surface area contributed by atoms with Gasteiger partial charge in [-0.3, -0.25) is 0 Å². The number of benzene rings is 1. The lowest BCUT2D eigenvalue weighted by atomic mass is 9.98. The lowest BCUT2D eigenvalue weighted by Gasteiger charge is -2.28. The summed E-state index contributed by atoms with van der Waals surface area (Å²) in [5, 5.41) is 1.30. The molecule has 0 bridgehead atoms. The summed E-state index contributed by atoms with van der Waals surface area (Å²) in [6.07, 6.45) is 8.41. The Bertz CT molecular complexity index is 770. The van der Waals surface area contributed by atoms with Crippen LogP contribution in [0.3, 0.4) is 0 Å². The fourth-order valence-electron chi connectivity index (χ4n) is 3.66. The highest BCUT2D eigenvalue weighted by Crippen LogP contribution is 2.22. The number of nitrogens with zero attached hydrogens (tertiary/aromatic N) is 3. The summed E-state index contributed by atoms with van der Waals surface area (Å²) in [6, 6.07) is 8.68. The van der Waals surface area contributed by atoms with Crippen LogP contribution in [0.4, 0.5) is 0 Å². The summed E-state index contributed by atoms with van der Waals surface area (Å²) in [5.41, 5.74) is 2.65. The van der Waals surface area contributed by atoms with E-state index in [1.807, 2.05) is 12.4 Å². The van der Waals surface area contributed by atoms with Crippen molar-refractivity contribution in [3.8, 4) is 0 Å². The topological polar surface area (TPSA) is 36.9 Å². The van der Waals surface area contributed by atoms with Crippen molar-refractivity contribution >= 4 is 10.9 Å². The smallest absolute Gasteiger partial charge is 0.108 e. The van der Waals surface area contributed by atoms with Crippen LogP contribution in [0.1, 0.15) is 17.8 Å². The van der Waals surface area contributed by atoms with E-state index in [0.29, 0.717) is 0 Å². The second-order valence-corrected chi connectivity index (χ2v) is 6.46. The van der Waals surface area contributed by atoms with Crippen molar-refractivity contribution in [3.05, 3.63) is 54.2 Å². The summed E-state index contributed by atoms with van der Waals surface area (Å²) in [5.74, 6) is 1.96. The van der Waals surface area contributed by atoms with Crippen LogP contribution >= 0.6 is 0 Å². The monoisotopic (exact) mass is 294 g/mol. The van der Waals surface area contributed by atoms with Crippen LogP contribution in [0.15, 0.2) is 42.9 Å². The van der Waals surface area contributed by atoms with Gasteiger partial charge in [0.25, 0.3) is 0 Å². The predicted molar refractivity (Wildman–Crippen MR) is 88.7 cm³/mol. The lowest BCUT2D eigenvalue weighted by Crippen LogP contribution is -2.31. The molecule has 1 aliphatic rings. The molecule has 1 aromatic carbocycles. The van der Waals surface area contributed by atoms with Crippen molar-refractivity contribution in [2.75, 3.05) is 13.6 Å². The molecule has 22 heavy (non-hydrogen) atoms. The van der Waals surface area contributed by atoms with Crippen molar-refractivity contribution in [2.24, 2.45) is 5.92 Å². The maximum Gasteiger partial charge on any atom is 0.108 e. The van der Waals surface area contributed by atoms with Crippen LogP contribution in [0, 0.1) is 5.92 Å². The Kier molecular flexibility index (Phi) is 3.47. The Morgan fingerprint density at radius 3 is 3.27 bits per heavy atom. The lowest BCUT2D eigenvalue weighted by molar-refractivity contribution is 0.229. The standard InChI is InChI=1S/C18H22N4/c1-21(11-14-5-6-17-19-9-10-22(17)12-14)13-16-4-2-3-15-7-8-20-18(15)16/h2-4,7-10,14,20H,5-6,11-13H2,1H3. The van der Waals surface area contributed by atoms with Gasteiger partial charge in [-0.2, -0.15) is 0 Å². The van der Waals surface area contributed by atoms with E-state index >= 15 is 0 Å². The highest BCUT2D eigenvalue weighted by Gasteiger charge is 2.20. The highest BCUT2D eigenvalue weighted by atomic mass is 15.1. The summed E-state index contributed by atoms with van der Waals surface area (Å²) in [7, 11) is 2.23. The van der Waals surface area contributed by atoms with Gasteiger partial charge in [0, 0.05) is 50.2 Å². The zero-order valence-corrected chi connectivity index (χ0v) is 13.0. The van der Waals surface area contributed by atoms with Crippen molar-refractivity contribution < 1.29 is 0 Å². The summed E-state index contributed by atoms with van der Waals surface area (Å²) < 4.78 is 2.31. The number of nitrogens with one attached hydrogen (secondary N) is 1. The van der Waals surface area contributed by atoms with Gasteiger partial charge in [0.15, 0.2) is 0 Å². The van der Waals surface area contributed by atoms with Gasteiger partial charge < -0.3 is 14.5 Å². The number of H-pyrrole nitrogens is 1. The molecular formula is C18H22N4. The first-order valence-electron chi connectivity index (χ1n) is 8.03. The normalized spacial score (nSPS) is 18.0. The van der Waals surface area contributed by atoms with E-state index in [9.17, 15) is 0 Å². The molecule has 4 heteroatoms. The van der Waals surface area contributed by atoms with Crippen LogP contribution in [0.25, 0.3) is 10.9 Å². The van der Waals surface area contributed by atoms with E-state index in [2.05, 4.69) is 56.9 Å². The molecule has 3 aromatic rings. The van der Waals surface area contributed by atoms with Crippen LogP contribution in [0.5, 0.6) is 0 Å². The quantitative estimate of drug-likeness (QED) is 0.803.